The molecule has 0 fully saturated rings. The van der Waals surface area contributed by atoms with Crippen LogP contribution < -0.4 is 5.32 Å². The van der Waals surface area contributed by atoms with E-state index in [1.54, 1.807) is 6.08 Å². The number of hydrogen-bond donors (Lipinski definition) is 3. The Morgan fingerprint density at radius 1 is 0.535 bits per heavy atom. The van der Waals surface area contributed by atoms with Crippen LogP contribution in [0.1, 0.15) is 213 Å². The molecule has 0 rings (SSSR count). The van der Waals surface area contributed by atoms with E-state index in [4.69, 9.17) is 0 Å². The van der Waals surface area contributed by atoms with E-state index in [-0.39, 0.29) is 12.5 Å². The van der Waals surface area contributed by atoms with E-state index in [9.17, 15) is 15.0 Å². The van der Waals surface area contributed by atoms with Crippen molar-refractivity contribution in [1.29, 1.82) is 0 Å². The molecular formula is C39H77NO3. The molecule has 0 unspecified atom stereocenters. The van der Waals surface area contributed by atoms with Crippen LogP contribution in [0.4, 0.5) is 0 Å². The Morgan fingerprint density at radius 3 is 1.21 bits per heavy atom. The number of allylic oxidation sites excluding steroid dienone is 1. The predicted molar refractivity (Wildman–Crippen MR) is 189 cm³/mol. The van der Waals surface area contributed by atoms with Crippen molar-refractivity contribution >= 4 is 5.91 Å². The molecule has 0 saturated carbocycles. The Labute approximate surface area is 269 Å². The normalized spacial score (nSPS) is 13.1. The van der Waals surface area contributed by atoms with Crippen LogP contribution in [0.5, 0.6) is 0 Å². The van der Waals surface area contributed by atoms with Crippen LogP contribution in [-0.2, 0) is 4.79 Å². The standard InChI is InChI=1S/C39H77NO3/c1-3-5-7-9-11-13-15-17-19-20-21-22-24-26-28-30-32-34-38(42)37(36-41)40-39(43)35-33-31-29-27-25-23-18-16-14-12-10-8-6-4-2/h32,34,37-38,41-42H,3-31,33,35-36H2,1-2H3,(H,40,43)/b34-32+/t37-,38+/m0/s1. The summed E-state index contributed by atoms with van der Waals surface area (Å²) in [7, 11) is 0. The monoisotopic (exact) mass is 608 g/mol. The molecule has 256 valence electrons. The second-order valence-electron chi connectivity index (χ2n) is 13.4. The van der Waals surface area contributed by atoms with E-state index in [1.807, 2.05) is 6.08 Å². The second kappa shape index (κ2) is 35.6. The molecule has 2 atom stereocenters. The van der Waals surface area contributed by atoms with Gasteiger partial charge < -0.3 is 15.5 Å². The first kappa shape index (κ1) is 42.1. The lowest BCUT2D eigenvalue weighted by Gasteiger charge is -2.20. The molecule has 0 aromatic carbocycles. The summed E-state index contributed by atoms with van der Waals surface area (Å²) in [5, 5.41) is 22.9. The van der Waals surface area contributed by atoms with Crippen molar-refractivity contribution in [2.75, 3.05) is 6.61 Å². The Bertz CT molecular complexity index is 579. The Kier molecular flexibility index (Phi) is 34.9. The van der Waals surface area contributed by atoms with Gasteiger partial charge in [0.25, 0.3) is 0 Å². The summed E-state index contributed by atoms with van der Waals surface area (Å²) in [5.74, 6) is -0.0622. The average molecular weight is 608 g/mol. The number of carbonyl (C=O) groups is 1. The molecule has 0 radical (unpaired) electrons. The molecular weight excluding hydrogens is 530 g/mol. The molecule has 0 aromatic rings. The van der Waals surface area contributed by atoms with Gasteiger partial charge in [-0.15, -0.1) is 0 Å². The van der Waals surface area contributed by atoms with Gasteiger partial charge in [-0.3, -0.25) is 4.79 Å². The first-order chi connectivity index (χ1) is 21.2. The molecule has 1 amide bonds. The van der Waals surface area contributed by atoms with Crippen molar-refractivity contribution in [3.8, 4) is 0 Å². The van der Waals surface area contributed by atoms with Crippen LogP contribution in [0.15, 0.2) is 12.2 Å². The number of aliphatic hydroxyl groups is 2. The first-order valence-corrected chi connectivity index (χ1v) is 19.4. The molecule has 0 aliphatic heterocycles. The highest BCUT2D eigenvalue weighted by Gasteiger charge is 2.17. The quantitative estimate of drug-likeness (QED) is 0.0496. The van der Waals surface area contributed by atoms with Crippen molar-refractivity contribution in [2.24, 2.45) is 0 Å². The molecule has 0 aliphatic carbocycles. The maximum Gasteiger partial charge on any atom is 0.220 e. The summed E-state index contributed by atoms with van der Waals surface area (Å²) >= 11 is 0. The highest BCUT2D eigenvalue weighted by molar-refractivity contribution is 5.76. The lowest BCUT2D eigenvalue weighted by molar-refractivity contribution is -0.123. The van der Waals surface area contributed by atoms with Crippen molar-refractivity contribution in [2.45, 2.75) is 225 Å². The van der Waals surface area contributed by atoms with Gasteiger partial charge in [0.2, 0.25) is 5.91 Å². The summed E-state index contributed by atoms with van der Waals surface area (Å²) in [6, 6.07) is -0.614. The summed E-state index contributed by atoms with van der Waals surface area (Å²) < 4.78 is 0. The zero-order valence-corrected chi connectivity index (χ0v) is 29.2. The smallest absolute Gasteiger partial charge is 0.220 e. The van der Waals surface area contributed by atoms with E-state index >= 15 is 0 Å². The fourth-order valence-corrected chi connectivity index (χ4v) is 6.00. The summed E-state index contributed by atoms with van der Waals surface area (Å²) in [4.78, 5) is 12.3. The Hall–Kier alpha value is -0.870. The van der Waals surface area contributed by atoms with Gasteiger partial charge in [0.1, 0.15) is 0 Å². The molecule has 4 heteroatoms. The van der Waals surface area contributed by atoms with E-state index < -0.39 is 12.1 Å². The minimum atomic E-state index is -0.832. The minimum Gasteiger partial charge on any atom is -0.394 e. The SMILES string of the molecule is CCCCCCCCCCCCCCCCC/C=C/[C@@H](O)[C@H](CO)NC(=O)CCCCCCCCCCCCCCCC. The molecule has 0 spiro atoms. The molecule has 0 bridgehead atoms. The third-order valence-electron chi connectivity index (χ3n) is 9.02. The van der Waals surface area contributed by atoms with Gasteiger partial charge in [0.15, 0.2) is 0 Å². The second-order valence-corrected chi connectivity index (χ2v) is 13.4. The van der Waals surface area contributed by atoms with Gasteiger partial charge in [-0.05, 0) is 19.3 Å². The van der Waals surface area contributed by atoms with Crippen LogP contribution in [0.3, 0.4) is 0 Å². The predicted octanol–water partition coefficient (Wildman–Crippen LogP) is 11.5. The molecule has 4 nitrogen and oxygen atoms in total. The van der Waals surface area contributed by atoms with Crippen molar-refractivity contribution < 1.29 is 15.0 Å². The lowest BCUT2D eigenvalue weighted by atomic mass is 10.0. The fourth-order valence-electron chi connectivity index (χ4n) is 6.00. The van der Waals surface area contributed by atoms with Crippen molar-refractivity contribution in [3.05, 3.63) is 12.2 Å². The minimum absolute atomic E-state index is 0.0622. The maximum atomic E-state index is 12.3. The van der Waals surface area contributed by atoms with Crippen LogP contribution in [-0.4, -0.2) is 34.9 Å². The van der Waals surface area contributed by atoms with Gasteiger partial charge in [-0.2, -0.15) is 0 Å². The van der Waals surface area contributed by atoms with Crippen LogP contribution >= 0.6 is 0 Å². The van der Waals surface area contributed by atoms with Gasteiger partial charge >= 0.3 is 0 Å². The zero-order valence-electron chi connectivity index (χ0n) is 29.2. The number of unbranched alkanes of at least 4 members (excludes halogenated alkanes) is 28. The molecule has 3 N–H and O–H groups in total. The fraction of sp³-hybridized carbons (Fsp3) is 0.923. The van der Waals surface area contributed by atoms with Gasteiger partial charge in [-0.1, -0.05) is 199 Å². The number of nitrogens with one attached hydrogen (secondary N) is 1. The number of amides is 1. The largest absolute Gasteiger partial charge is 0.394 e. The van der Waals surface area contributed by atoms with E-state index in [0.29, 0.717) is 6.42 Å². The summed E-state index contributed by atoms with van der Waals surface area (Å²) in [6.07, 6.45) is 43.0. The first-order valence-electron chi connectivity index (χ1n) is 19.4. The van der Waals surface area contributed by atoms with Gasteiger partial charge in [-0.25, -0.2) is 0 Å². The molecule has 43 heavy (non-hydrogen) atoms. The third kappa shape index (κ3) is 32.3. The van der Waals surface area contributed by atoms with Gasteiger partial charge in [0, 0.05) is 6.42 Å². The number of carbonyl (C=O) groups excluding carboxylic acids is 1. The topological polar surface area (TPSA) is 69.6 Å². The highest BCUT2D eigenvalue weighted by Crippen LogP contribution is 2.15. The van der Waals surface area contributed by atoms with Gasteiger partial charge in [0.05, 0.1) is 18.8 Å². The van der Waals surface area contributed by atoms with Crippen molar-refractivity contribution in [3.63, 3.8) is 0 Å². The Balaban J connectivity index is 3.58. The molecule has 0 aromatic heterocycles. The zero-order chi connectivity index (χ0) is 31.5. The summed E-state index contributed by atoms with van der Waals surface area (Å²) in [5.41, 5.74) is 0. The summed E-state index contributed by atoms with van der Waals surface area (Å²) in [6.45, 7) is 4.31. The molecule has 0 aliphatic rings. The number of hydrogen-bond acceptors (Lipinski definition) is 3. The van der Waals surface area contributed by atoms with Crippen LogP contribution in [0, 0.1) is 0 Å². The van der Waals surface area contributed by atoms with Crippen LogP contribution in [0.2, 0.25) is 0 Å². The van der Waals surface area contributed by atoms with E-state index in [1.165, 1.54) is 167 Å². The molecule has 0 heterocycles. The van der Waals surface area contributed by atoms with Crippen molar-refractivity contribution in [1.82, 2.24) is 5.32 Å². The molecule has 0 saturated heterocycles. The average Bonchev–Trinajstić information content (AvgIpc) is 3.01. The third-order valence-corrected chi connectivity index (χ3v) is 9.02. The van der Waals surface area contributed by atoms with E-state index in [0.717, 1.165) is 25.7 Å². The van der Waals surface area contributed by atoms with Crippen LogP contribution in [0.25, 0.3) is 0 Å². The van der Waals surface area contributed by atoms with E-state index in [2.05, 4.69) is 19.2 Å². The lowest BCUT2D eigenvalue weighted by Crippen LogP contribution is -2.45. The number of aliphatic hydroxyl groups excluding tert-OH is 2. The highest BCUT2D eigenvalue weighted by atomic mass is 16.3. The number of rotatable bonds is 35. The maximum absolute atomic E-state index is 12.3. The Morgan fingerprint density at radius 2 is 0.860 bits per heavy atom.